The van der Waals surface area contributed by atoms with Crippen LogP contribution in [0, 0.1) is 6.92 Å². The molecule has 1 aromatic carbocycles. The number of carbonyl (C=O) groups is 1. The van der Waals surface area contributed by atoms with Gasteiger partial charge in [0.2, 0.25) is 0 Å². The molecule has 0 saturated heterocycles. The Morgan fingerprint density at radius 3 is 2.69 bits per heavy atom. The number of anilines is 2. The van der Waals surface area contributed by atoms with E-state index in [9.17, 15) is 4.79 Å². The Kier molecular flexibility index (Phi) is 5.43. The molecule has 0 aliphatic carbocycles. The molecule has 8 nitrogen and oxygen atoms in total. The van der Waals surface area contributed by atoms with Crippen molar-refractivity contribution in [3.05, 3.63) is 59.5 Å². The topological polar surface area (TPSA) is 102 Å². The van der Waals surface area contributed by atoms with Crippen LogP contribution in [-0.2, 0) is 6.42 Å². The number of carbonyl (C=O) groups excluding carboxylic acids is 1. The van der Waals surface area contributed by atoms with Gasteiger partial charge in [-0.15, -0.1) is 10.2 Å². The largest absolute Gasteiger partial charge is 0.496 e. The van der Waals surface area contributed by atoms with Crippen molar-refractivity contribution in [2.75, 3.05) is 19.0 Å². The standard InChI is InChI=1S/C18H19N5O3/c1-12-11-17(23-26-12)20-16-8-7-14(21-22-16)18(24)19-10-9-13-5-3-4-6-15(13)25-2/h3-8,11H,9-10H2,1-2H3,(H,19,24)(H,20,22,23). The second-order valence-corrected chi connectivity index (χ2v) is 5.57. The number of nitrogens with zero attached hydrogens (tertiary/aromatic N) is 3. The van der Waals surface area contributed by atoms with Gasteiger partial charge in [-0.2, -0.15) is 0 Å². The van der Waals surface area contributed by atoms with Crippen LogP contribution in [0.4, 0.5) is 11.6 Å². The third-order valence-electron chi connectivity index (χ3n) is 3.65. The van der Waals surface area contributed by atoms with Crippen LogP contribution in [0.5, 0.6) is 5.75 Å². The van der Waals surface area contributed by atoms with Crippen LogP contribution in [0.25, 0.3) is 0 Å². The van der Waals surface area contributed by atoms with Gasteiger partial charge < -0.3 is 19.9 Å². The number of ether oxygens (including phenoxy) is 1. The number of methoxy groups -OCH3 is 1. The number of nitrogens with one attached hydrogen (secondary N) is 2. The first-order valence-electron chi connectivity index (χ1n) is 8.10. The predicted octanol–water partition coefficient (Wildman–Crippen LogP) is 2.50. The van der Waals surface area contributed by atoms with Gasteiger partial charge in [-0.3, -0.25) is 4.79 Å². The smallest absolute Gasteiger partial charge is 0.271 e. The van der Waals surface area contributed by atoms with Crippen molar-refractivity contribution in [3.63, 3.8) is 0 Å². The van der Waals surface area contributed by atoms with E-state index >= 15 is 0 Å². The Balaban J connectivity index is 1.53. The van der Waals surface area contributed by atoms with Crippen molar-refractivity contribution in [2.24, 2.45) is 0 Å². The maximum absolute atomic E-state index is 12.2. The summed E-state index contributed by atoms with van der Waals surface area (Å²) < 4.78 is 10.3. The van der Waals surface area contributed by atoms with Gasteiger partial charge in [-0.25, -0.2) is 0 Å². The predicted molar refractivity (Wildman–Crippen MR) is 95.6 cm³/mol. The lowest BCUT2D eigenvalue weighted by atomic mass is 10.1. The summed E-state index contributed by atoms with van der Waals surface area (Å²) in [7, 11) is 1.63. The maximum Gasteiger partial charge on any atom is 0.271 e. The quantitative estimate of drug-likeness (QED) is 0.673. The van der Waals surface area contributed by atoms with Crippen molar-refractivity contribution < 1.29 is 14.1 Å². The molecule has 0 unspecified atom stereocenters. The van der Waals surface area contributed by atoms with E-state index in [0.717, 1.165) is 11.3 Å². The van der Waals surface area contributed by atoms with Gasteiger partial charge in [-0.1, -0.05) is 23.4 Å². The molecule has 2 N–H and O–H groups in total. The van der Waals surface area contributed by atoms with Crippen molar-refractivity contribution >= 4 is 17.5 Å². The normalized spacial score (nSPS) is 10.4. The number of benzene rings is 1. The van der Waals surface area contributed by atoms with E-state index in [1.807, 2.05) is 24.3 Å². The van der Waals surface area contributed by atoms with E-state index < -0.39 is 0 Å². The SMILES string of the molecule is COc1ccccc1CCNC(=O)c1ccc(Nc2cc(C)on2)nn1. The molecule has 134 valence electrons. The van der Waals surface area contributed by atoms with E-state index in [1.54, 1.807) is 32.2 Å². The summed E-state index contributed by atoms with van der Waals surface area (Å²) in [5.41, 5.74) is 1.27. The number of para-hydroxylation sites is 1. The van der Waals surface area contributed by atoms with Gasteiger partial charge in [0, 0.05) is 12.6 Å². The van der Waals surface area contributed by atoms with Crippen molar-refractivity contribution in [3.8, 4) is 5.75 Å². The molecule has 0 saturated carbocycles. The number of amides is 1. The summed E-state index contributed by atoms with van der Waals surface area (Å²) in [5, 5.41) is 17.5. The Bertz CT molecular complexity index is 877. The molecule has 0 atom stereocenters. The second-order valence-electron chi connectivity index (χ2n) is 5.57. The molecule has 26 heavy (non-hydrogen) atoms. The van der Waals surface area contributed by atoms with Crippen molar-refractivity contribution in [1.29, 1.82) is 0 Å². The van der Waals surface area contributed by atoms with Gasteiger partial charge in [0.1, 0.15) is 11.5 Å². The van der Waals surface area contributed by atoms with Crippen LogP contribution in [0.3, 0.4) is 0 Å². The summed E-state index contributed by atoms with van der Waals surface area (Å²) in [6.45, 7) is 2.27. The molecule has 0 radical (unpaired) electrons. The zero-order valence-corrected chi connectivity index (χ0v) is 14.5. The van der Waals surface area contributed by atoms with Crippen LogP contribution in [0.2, 0.25) is 0 Å². The summed E-state index contributed by atoms with van der Waals surface area (Å²) in [4.78, 5) is 12.2. The fraction of sp³-hybridized carbons (Fsp3) is 0.222. The lowest BCUT2D eigenvalue weighted by Crippen LogP contribution is -2.26. The molecule has 0 fully saturated rings. The summed E-state index contributed by atoms with van der Waals surface area (Å²) >= 11 is 0. The van der Waals surface area contributed by atoms with Gasteiger partial charge >= 0.3 is 0 Å². The molecule has 0 bridgehead atoms. The molecular formula is C18H19N5O3. The summed E-state index contributed by atoms with van der Waals surface area (Å²) in [6.07, 6.45) is 0.661. The van der Waals surface area contributed by atoms with Crippen LogP contribution in [-0.4, -0.2) is 34.9 Å². The fourth-order valence-corrected chi connectivity index (χ4v) is 2.39. The van der Waals surface area contributed by atoms with E-state index in [-0.39, 0.29) is 11.6 Å². The number of aromatic nitrogens is 3. The Hall–Kier alpha value is -3.42. The summed E-state index contributed by atoms with van der Waals surface area (Å²) in [6, 6.07) is 12.7. The van der Waals surface area contributed by atoms with Crippen LogP contribution in [0.1, 0.15) is 21.8 Å². The maximum atomic E-state index is 12.2. The minimum atomic E-state index is -0.281. The number of hydrogen-bond donors (Lipinski definition) is 2. The fourth-order valence-electron chi connectivity index (χ4n) is 2.39. The monoisotopic (exact) mass is 353 g/mol. The van der Waals surface area contributed by atoms with Crippen LogP contribution in [0.15, 0.2) is 47.0 Å². The summed E-state index contributed by atoms with van der Waals surface area (Å²) in [5.74, 6) is 2.22. The van der Waals surface area contributed by atoms with E-state index in [0.29, 0.717) is 30.4 Å². The average Bonchev–Trinajstić information content (AvgIpc) is 3.07. The average molecular weight is 353 g/mol. The van der Waals surface area contributed by atoms with Gasteiger partial charge in [0.25, 0.3) is 5.91 Å². The molecule has 0 spiro atoms. The molecular weight excluding hydrogens is 334 g/mol. The van der Waals surface area contributed by atoms with Crippen molar-refractivity contribution in [2.45, 2.75) is 13.3 Å². The minimum absolute atomic E-state index is 0.243. The van der Waals surface area contributed by atoms with E-state index in [4.69, 9.17) is 9.26 Å². The van der Waals surface area contributed by atoms with Crippen LogP contribution >= 0.6 is 0 Å². The first-order chi connectivity index (χ1) is 12.7. The zero-order chi connectivity index (χ0) is 18.4. The highest BCUT2D eigenvalue weighted by Crippen LogP contribution is 2.17. The molecule has 0 aliphatic rings. The molecule has 3 aromatic rings. The van der Waals surface area contributed by atoms with Crippen LogP contribution < -0.4 is 15.4 Å². The zero-order valence-electron chi connectivity index (χ0n) is 14.5. The Labute approximate surface area is 150 Å². The third kappa shape index (κ3) is 4.35. The first kappa shape index (κ1) is 17.4. The van der Waals surface area contributed by atoms with Crippen molar-refractivity contribution in [1.82, 2.24) is 20.7 Å². The number of hydrogen-bond acceptors (Lipinski definition) is 7. The minimum Gasteiger partial charge on any atom is -0.496 e. The molecule has 3 rings (SSSR count). The van der Waals surface area contributed by atoms with Gasteiger partial charge in [0.05, 0.1) is 7.11 Å². The Morgan fingerprint density at radius 1 is 1.15 bits per heavy atom. The first-order valence-corrected chi connectivity index (χ1v) is 8.10. The molecule has 0 aliphatic heterocycles. The van der Waals surface area contributed by atoms with Gasteiger partial charge in [-0.05, 0) is 37.1 Å². The molecule has 8 heteroatoms. The highest BCUT2D eigenvalue weighted by Gasteiger charge is 2.09. The molecule has 1 amide bonds. The number of rotatable bonds is 7. The molecule has 2 heterocycles. The highest BCUT2D eigenvalue weighted by atomic mass is 16.5. The van der Waals surface area contributed by atoms with E-state index in [2.05, 4.69) is 26.0 Å². The van der Waals surface area contributed by atoms with E-state index in [1.165, 1.54) is 0 Å². The lowest BCUT2D eigenvalue weighted by Gasteiger charge is -2.09. The Morgan fingerprint density at radius 2 is 2.00 bits per heavy atom. The second kappa shape index (κ2) is 8.11. The molecule has 2 aromatic heterocycles. The third-order valence-corrected chi connectivity index (χ3v) is 3.65. The lowest BCUT2D eigenvalue weighted by molar-refractivity contribution is 0.0948. The number of aryl methyl sites for hydroxylation is 1. The van der Waals surface area contributed by atoms with Gasteiger partial charge in [0.15, 0.2) is 17.3 Å². The highest BCUT2D eigenvalue weighted by molar-refractivity contribution is 5.92.